The van der Waals surface area contributed by atoms with E-state index in [0.29, 0.717) is 6.42 Å². The van der Waals surface area contributed by atoms with Crippen LogP contribution in [0.4, 0.5) is 13.2 Å². The molecule has 1 aliphatic heterocycles. The lowest BCUT2D eigenvalue weighted by atomic mass is 9.91. The molecular weight excluding hydrogens is 245 g/mol. The highest BCUT2D eigenvalue weighted by atomic mass is 19.4. The summed E-state index contributed by atoms with van der Waals surface area (Å²) in [5, 5.41) is 0. The van der Waals surface area contributed by atoms with Crippen molar-refractivity contribution in [2.75, 3.05) is 13.1 Å². The average Bonchev–Trinajstić information content (AvgIpc) is 2.27. The van der Waals surface area contributed by atoms with Crippen molar-refractivity contribution in [2.24, 2.45) is 11.7 Å². The number of carbonyl (C=O) groups is 1. The zero-order chi connectivity index (χ0) is 14.0. The summed E-state index contributed by atoms with van der Waals surface area (Å²) in [7, 11) is 0. The van der Waals surface area contributed by atoms with E-state index in [2.05, 4.69) is 0 Å². The van der Waals surface area contributed by atoms with Crippen LogP contribution in [0.15, 0.2) is 0 Å². The third kappa shape index (κ3) is 3.60. The number of rotatable bonds is 3. The van der Waals surface area contributed by atoms with Gasteiger partial charge in [-0.2, -0.15) is 13.2 Å². The van der Waals surface area contributed by atoms with Crippen LogP contribution in [0.3, 0.4) is 0 Å². The first-order valence-electron chi connectivity index (χ1n) is 6.33. The molecule has 1 fully saturated rings. The number of alkyl halides is 3. The highest BCUT2D eigenvalue weighted by Crippen LogP contribution is 2.34. The molecule has 2 N–H and O–H groups in total. The first kappa shape index (κ1) is 15.3. The summed E-state index contributed by atoms with van der Waals surface area (Å²) in [5.74, 6) is -1.51. The SMILES string of the molecule is CCCC(C)(N)C(=O)N1CCC(C(F)(F)F)CC1. The van der Waals surface area contributed by atoms with Gasteiger partial charge in [0.05, 0.1) is 11.5 Å². The van der Waals surface area contributed by atoms with Crippen molar-refractivity contribution in [3.05, 3.63) is 0 Å². The largest absolute Gasteiger partial charge is 0.391 e. The minimum Gasteiger partial charge on any atom is -0.341 e. The lowest BCUT2D eigenvalue weighted by molar-refractivity contribution is -0.187. The second-order valence-corrected chi connectivity index (χ2v) is 5.28. The zero-order valence-corrected chi connectivity index (χ0v) is 10.9. The van der Waals surface area contributed by atoms with Crippen molar-refractivity contribution >= 4 is 5.91 Å². The number of hydrogen-bond donors (Lipinski definition) is 1. The monoisotopic (exact) mass is 266 g/mol. The van der Waals surface area contributed by atoms with Crippen LogP contribution in [0.1, 0.15) is 39.5 Å². The Morgan fingerprint density at radius 1 is 1.33 bits per heavy atom. The van der Waals surface area contributed by atoms with Gasteiger partial charge in [0.1, 0.15) is 0 Å². The minimum atomic E-state index is -4.15. The molecule has 1 saturated heterocycles. The van der Waals surface area contributed by atoms with Gasteiger partial charge in [-0.15, -0.1) is 0 Å². The Kier molecular flexibility index (Phi) is 4.64. The molecule has 0 aliphatic carbocycles. The molecule has 18 heavy (non-hydrogen) atoms. The van der Waals surface area contributed by atoms with Gasteiger partial charge in [-0.05, 0) is 26.2 Å². The Hall–Kier alpha value is -0.780. The van der Waals surface area contributed by atoms with Gasteiger partial charge in [0.15, 0.2) is 0 Å². The summed E-state index contributed by atoms with van der Waals surface area (Å²) in [5.41, 5.74) is 4.95. The Bertz CT molecular complexity index is 294. The van der Waals surface area contributed by atoms with Gasteiger partial charge in [-0.25, -0.2) is 0 Å². The van der Waals surface area contributed by atoms with Crippen molar-refractivity contribution < 1.29 is 18.0 Å². The van der Waals surface area contributed by atoms with Gasteiger partial charge in [-0.1, -0.05) is 13.3 Å². The van der Waals surface area contributed by atoms with Crippen molar-refractivity contribution in [1.82, 2.24) is 4.90 Å². The topological polar surface area (TPSA) is 46.3 Å². The molecule has 1 heterocycles. The standard InChI is InChI=1S/C12H21F3N2O/c1-3-6-11(2,16)10(18)17-7-4-9(5-8-17)12(13,14)15/h9H,3-8,16H2,1-2H3. The van der Waals surface area contributed by atoms with E-state index in [1.165, 1.54) is 4.90 Å². The predicted octanol–water partition coefficient (Wildman–Crippen LogP) is 2.30. The van der Waals surface area contributed by atoms with Crippen LogP contribution >= 0.6 is 0 Å². The van der Waals surface area contributed by atoms with E-state index in [0.717, 1.165) is 6.42 Å². The molecule has 0 aromatic carbocycles. The van der Waals surface area contributed by atoms with E-state index in [-0.39, 0.29) is 31.8 Å². The van der Waals surface area contributed by atoms with Crippen LogP contribution in [0.2, 0.25) is 0 Å². The molecule has 0 aromatic rings. The first-order valence-corrected chi connectivity index (χ1v) is 6.33. The van der Waals surface area contributed by atoms with Crippen molar-refractivity contribution in [3.8, 4) is 0 Å². The highest BCUT2D eigenvalue weighted by molar-refractivity contribution is 5.85. The number of piperidine rings is 1. The molecule has 1 aliphatic rings. The third-order valence-electron chi connectivity index (χ3n) is 3.50. The molecule has 106 valence electrons. The maximum absolute atomic E-state index is 12.5. The van der Waals surface area contributed by atoms with Crippen LogP contribution < -0.4 is 5.73 Å². The number of nitrogens with two attached hydrogens (primary N) is 1. The maximum atomic E-state index is 12.5. The van der Waals surface area contributed by atoms with Crippen molar-refractivity contribution in [3.63, 3.8) is 0 Å². The first-order chi connectivity index (χ1) is 8.18. The third-order valence-corrected chi connectivity index (χ3v) is 3.50. The highest BCUT2D eigenvalue weighted by Gasteiger charge is 2.43. The summed E-state index contributed by atoms with van der Waals surface area (Å²) >= 11 is 0. The van der Waals surface area contributed by atoms with E-state index in [4.69, 9.17) is 5.73 Å². The number of hydrogen-bond acceptors (Lipinski definition) is 2. The number of amides is 1. The van der Waals surface area contributed by atoms with Crippen LogP contribution in [0.5, 0.6) is 0 Å². The van der Waals surface area contributed by atoms with Crippen LogP contribution in [0.25, 0.3) is 0 Å². The fourth-order valence-corrected chi connectivity index (χ4v) is 2.40. The van der Waals surface area contributed by atoms with Gasteiger partial charge in [0, 0.05) is 13.1 Å². The molecular formula is C12H21F3N2O. The molecule has 1 unspecified atom stereocenters. The summed E-state index contributed by atoms with van der Waals surface area (Å²) in [6.45, 7) is 3.88. The molecule has 0 bridgehead atoms. The summed E-state index contributed by atoms with van der Waals surface area (Å²) in [6.07, 6.45) is -2.86. The molecule has 0 saturated carbocycles. The van der Waals surface area contributed by atoms with Crippen molar-refractivity contribution in [1.29, 1.82) is 0 Å². The smallest absolute Gasteiger partial charge is 0.341 e. The lowest BCUT2D eigenvalue weighted by Crippen LogP contribution is -2.55. The molecule has 3 nitrogen and oxygen atoms in total. The number of carbonyl (C=O) groups excluding carboxylic acids is 1. The fourth-order valence-electron chi connectivity index (χ4n) is 2.40. The second-order valence-electron chi connectivity index (χ2n) is 5.28. The number of nitrogens with zero attached hydrogens (tertiary/aromatic N) is 1. The Morgan fingerprint density at radius 2 is 1.83 bits per heavy atom. The van der Waals surface area contributed by atoms with E-state index in [1.807, 2.05) is 6.92 Å². The molecule has 1 amide bonds. The zero-order valence-electron chi connectivity index (χ0n) is 10.9. The molecule has 0 aromatic heterocycles. The van der Waals surface area contributed by atoms with E-state index < -0.39 is 17.6 Å². The van der Waals surface area contributed by atoms with Crippen LogP contribution in [0, 0.1) is 5.92 Å². The minimum absolute atomic E-state index is 0.0164. The van der Waals surface area contributed by atoms with Gasteiger partial charge in [-0.3, -0.25) is 4.79 Å². The maximum Gasteiger partial charge on any atom is 0.391 e. The molecule has 1 rings (SSSR count). The van der Waals surface area contributed by atoms with Gasteiger partial charge < -0.3 is 10.6 Å². The van der Waals surface area contributed by atoms with Gasteiger partial charge >= 0.3 is 6.18 Å². The second kappa shape index (κ2) is 5.47. The normalized spacial score (nSPS) is 21.8. The van der Waals surface area contributed by atoms with E-state index in [1.54, 1.807) is 6.92 Å². The fraction of sp³-hybridized carbons (Fsp3) is 0.917. The molecule has 0 spiro atoms. The summed E-state index contributed by atoms with van der Waals surface area (Å²) < 4.78 is 37.5. The average molecular weight is 266 g/mol. The summed E-state index contributed by atoms with van der Waals surface area (Å²) in [6, 6.07) is 0. The number of halogens is 3. The Labute approximate surface area is 106 Å². The Balaban J connectivity index is 2.55. The molecule has 1 atom stereocenters. The van der Waals surface area contributed by atoms with E-state index >= 15 is 0 Å². The van der Waals surface area contributed by atoms with E-state index in [9.17, 15) is 18.0 Å². The van der Waals surface area contributed by atoms with Crippen molar-refractivity contribution in [2.45, 2.75) is 51.2 Å². The molecule has 6 heteroatoms. The lowest BCUT2D eigenvalue weighted by Gasteiger charge is -2.37. The number of likely N-dealkylation sites (tertiary alicyclic amines) is 1. The van der Waals surface area contributed by atoms with Gasteiger partial charge in [0.25, 0.3) is 0 Å². The molecule has 0 radical (unpaired) electrons. The quantitative estimate of drug-likeness (QED) is 0.852. The predicted molar refractivity (Wildman–Crippen MR) is 62.9 cm³/mol. The Morgan fingerprint density at radius 3 is 2.22 bits per heavy atom. The van der Waals surface area contributed by atoms with Crippen LogP contribution in [-0.4, -0.2) is 35.6 Å². The van der Waals surface area contributed by atoms with Gasteiger partial charge in [0.2, 0.25) is 5.91 Å². The summed E-state index contributed by atoms with van der Waals surface area (Å²) in [4.78, 5) is 13.6. The van der Waals surface area contributed by atoms with Crippen LogP contribution in [-0.2, 0) is 4.79 Å².